The number of hydrogen-bond acceptors (Lipinski definition) is 5. The summed E-state index contributed by atoms with van der Waals surface area (Å²) in [5, 5.41) is 0. The molecule has 27 heavy (non-hydrogen) atoms. The summed E-state index contributed by atoms with van der Waals surface area (Å²) in [5.41, 5.74) is 0.881. The lowest BCUT2D eigenvalue weighted by Crippen LogP contribution is -2.48. The topological polar surface area (TPSA) is 59.1 Å². The highest BCUT2D eigenvalue weighted by Crippen LogP contribution is 2.32. The molecule has 0 N–H and O–H groups in total. The molecule has 146 valence electrons. The summed E-state index contributed by atoms with van der Waals surface area (Å²) in [6.45, 7) is 1.25. The SMILES string of the molecule is COc1ccc(S(=O)(=O)N2CCN(C)C(c3ccc(F)cc3)C2)cc1OC. The fourth-order valence-electron chi connectivity index (χ4n) is 3.24. The molecule has 0 radical (unpaired) electrons. The highest BCUT2D eigenvalue weighted by Gasteiger charge is 2.34. The standard InChI is InChI=1S/C19H23FN2O4S/c1-21-10-11-22(13-17(21)14-4-6-15(20)7-5-14)27(23,24)16-8-9-18(25-2)19(12-16)26-3/h4-9,12,17H,10-11,13H2,1-3H3. The van der Waals surface area contributed by atoms with Crippen molar-refractivity contribution in [2.24, 2.45) is 0 Å². The van der Waals surface area contributed by atoms with Gasteiger partial charge in [0.25, 0.3) is 0 Å². The Morgan fingerprint density at radius 2 is 1.67 bits per heavy atom. The third-order valence-corrected chi connectivity index (χ3v) is 6.72. The van der Waals surface area contributed by atoms with Gasteiger partial charge in [-0.05, 0) is 36.9 Å². The Balaban J connectivity index is 1.89. The van der Waals surface area contributed by atoms with Crippen LogP contribution in [-0.2, 0) is 10.0 Å². The minimum atomic E-state index is -3.70. The second-order valence-electron chi connectivity index (χ2n) is 6.43. The number of ether oxygens (including phenoxy) is 2. The Kier molecular flexibility index (Phi) is 5.69. The molecule has 0 spiro atoms. The molecule has 1 heterocycles. The number of hydrogen-bond donors (Lipinski definition) is 0. The van der Waals surface area contributed by atoms with Gasteiger partial charge < -0.3 is 9.47 Å². The molecule has 2 aromatic rings. The molecular formula is C19H23FN2O4S. The largest absolute Gasteiger partial charge is 0.493 e. The van der Waals surface area contributed by atoms with Crippen LogP contribution in [0.4, 0.5) is 4.39 Å². The molecule has 3 rings (SSSR count). The zero-order valence-electron chi connectivity index (χ0n) is 15.6. The van der Waals surface area contributed by atoms with E-state index in [1.165, 1.54) is 42.8 Å². The van der Waals surface area contributed by atoms with Gasteiger partial charge in [-0.2, -0.15) is 4.31 Å². The van der Waals surface area contributed by atoms with E-state index in [0.29, 0.717) is 31.1 Å². The highest BCUT2D eigenvalue weighted by molar-refractivity contribution is 7.89. The van der Waals surface area contributed by atoms with Crippen LogP contribution in [0.25, 0.3) is 0 Å². The second-order valence-corrected chi connectivity index (χ2v) is 8.37. The van der Waals surface area contributed by atoms with Crippen molar-refractivity contribution >= 4 is 10.0 Å². The summed E-state index contributed by atoms with van der Waals surface area (Å²) in [6.07, 6.45) is 0. The van der Waals surface area contributed by atoms with Gasteiger partial charge in [0.2, 0.25) is 10.0 Å². The Morgan fingerprint density at radius 3 is 2.30 bits per heavy atom. The van der Waals surface area contributed by atoms with Crippen molar-refractivity contribution in [2.45, 2.75) is 10.9 Å². The fraction of sp³-hybridized carbons (Fsp3) is 0.368. The normalized spacial score (nSPS) is 19.0. The lowest BCUT2D eigenvalue weighted by atomic mass is 10.0. The third-order valence-electron chi connectivity index (χ3n) is 4.86. The first-order valence-corrected chi connectivity index (χ1v) is 9.98. The molecule has 0 aromatic heterocycles. The summed E-state index contributed by atoms with van der Waals surface area (Å²) < 4.78 is 51.4. The number of methoxy groups -OCH3 is 2. The first kappa shape index (κ1) is 19.6. The van der Waals surface area contributed by atoms with Crippen molar-refractivity contribution in [1.29, 1.82) is 0 Å². The molecule has 1 unspecified atom stereocenters. The Hall–Kier alpha value is -2.16. The van der Waals surface area contributed by atoms with Crippen LogP contribution < -0.4 is 9.47 Å². The second kappa shape index (κ2) is 7.84. The first-order valence-electron chi connectivity index (χ1n) is 8.54. The van der Waals surface area contributed by atoms with Crippen molar-refractivity contribution in [1.82, 2.24) is 9.21 Å². The van der Waals surface area contributed by atoms with Crippen LogP contribution in [0.3, 0.4) is 0 Å². The predicted molar refractivity (Wildman–Crippen MR) is 100 cm³/mol. The molecule has 0 saturated carbocycles. The number of sulfonamides is 1. The van der Waals surface area contributed by atoms with Crippen molar-refractivity contribution in [3.63, 3.8) is 0 Å². The van der Waals surface area contributed by atoms with Crippen LogP contribution >= 0.6 is 0 Å². The van der Waals surface area contributed by atoms with Crippen LogP contribution in [0.15, 0.2) is 47.4 Å². The summed E-state index contributed by atoms with van der Waals surface area (Å²) in [4.78, 5) is 2.23. The van der Waals surface area contributed by atoms with Crippen molar-refractivity contribution in [2.75, 3.05) is 40.9 Å². The fourth-order valence-corrected chi connectivity index (χ4v) is 4.69. The number of likely N-dealkylation sites (N-methyl/N-ethyl adjacent to an activating group) is 1. The number of halogens is 1. The molecule has 1 atom stereocenters. The van der Waals surface area contributed by atoms with E-state index < -0.39 is 10.0 Å². The maximum Gasteiger partial charge on any atom is 0.243 e. The van der Waals surface area contributed by atoms with Gasteiger partial charge in [0.05, 0.1) is 19.1 Å². The molecule has 0 bridgehead atoms. The molecule has 1 aliphatic rings. The zero-order chi connectivity index (χ0) is 19.6. The van der Waals surface area contributed by atoms with Gasteiger partial charge in [0.1, 0.15) is 5.82 Å². The van der Waals surface area contributed by atoms with Gasteiger partial charge >= 0.3 is 0 Å². The average Bonchev–Trinajstić information content (AvgIpc) is 2.68. The Bertz CT molecular complexity index is 902. The molecule has 0 amide bonds. The van der Waals surface area contributed by atoms with Gasteiger partial charge in [-0.15, -0.1) is 0 Å². The lowest BCUT2D eigenvalue weighted by Gasteiger charge is -2.39. The molecule has 0 aliphatic carbocycles. The van der Waals surface area contributed by atoms with Gasteiger partial charge in [0.15, 0.2) is 11.5 Å². The summed E-state index contributed by atoms with van der Waals surface area (Å²) in [6, 6.07) is 10.6. The molecule has 1 saturated heterocycles. The van der Waals surface area contributed by atoms with E-state index in [1.807, 2.05) is 7.05 Å². The number of rotatable bonds is 5. The smallest absolute Gasteiger partial charge is 0.243 e. The van der Waals surface area contributed by atoms with E-state index in [-0.39, 0.29) is 16.8 Å². The van der Waals surface area contributed by atoms with Crippen LogP contribution in [0.5, 0.6) is 11.5 Å². The third kappa shape index (κ3) is 3.92. The first-order chi connectivity index (χ1) is 12.9. The van der Waals surface area contributed by atoms with Crippen molar-refractivity contribution in [3.8, 4) is 11.5 Å². The minimum Gasteiger partial charge on any atom is -0.493 e. The summed E-state index contributed by atoms with van der Waals surface area (Å²) in [7, 11) is 1.21. The molecular weight excluding hydrogens is 371 g/mol. The molecule has 8 heteroatoms. The quantitative estimate of drug-likeness (QED) is 0.780. The monoisotopic (exact) mass is 394 g/mol. The van der Waals surface area contributed by atoms with E-state index in [1.54, 1.807) is 18.2 Å². The Morgan fingerprint density at radius 1 is 1.00 bits per heavy atom. The lowest BCUT2D eigenvalue weighted by molar-refractivity contribution is 0.148. The maximum absolute atomic E-state index is 13.2. The molecule has 1 fully saturated rings. The van der Waals surface area contributed by atoms with E-state index in [4.69, 9.17) is 9.47 Å². The van der Waals surface area contributed by atoms with Crippen LogP contribution in [0.2, 0.25) is 0 Å². The van der Waals surface area contributed by atoms with E-state index in [0.717, 1.165) is 5.56 Å². The minimum absolute atomic E-state index is 0.144. The number of nitrogens with zero attached hydrogens (tertiary/aromatic N) is 2. The zero-order valence-corrected chi connectivity index (χ0v) is 16.4. The predicted octanol–water partition coefficient (Wildman–Crippen LogP) is 2.52. The van der Waals surface area contributed by atoms with Gasteiger partial charge in [-0.25, -0.2) is 12.8 Å². The Labute approximate surface area is 159 Å². The number of benzene rings is 2. The van der Waals surface area contributed by atoms with E-state index >= 15 is 0 Å². The summed E-state index contributed by atoms with van der Waals surface area (Å²) >= 11 is 0. The van der Waals surface area contributed by atoms with E-state index in [9.17, 15) is 12.8 Å². The number of piperazine rings is 1. The van der Waals surface area contributed by atoms with Crippen molar-refractivity contribution < 1.29 is 22.3 Å². The highest BCUT2D eigenvalue weighted by atomic mass is 32.2. The van der Waals surface area contributed by atoms with Gasteiger partial charge in [-0.1, -0.05) is 12.1 Å². The van der Waals surface area contributed by atoms with Gasteiger partial charge in [0, 0.05) is 31.7 Å². The maximum atomic E-state index is 13.2. The van der Waals surface area contributed by atoms with Crippen LogP contribution in [0, 0.1) is 5.82 Å². The molecule has 1 aliphatic heterocycles. The van der Waals surface area contributed by atoms with Crippen molar-refractivity contribution in [3.05, 3.63) is 53.8 Å². The summed E-state index contributed by atoms with van der Waals surface area (Å²) in [5.74, 6) is 0.522. The molecule has 6 nitrogen and oxygen atoms in total. The van der Waals surface area contributed by atoms with Crippen LogP contribution in [-0.4, -0.2) is 58.5 Å². The molecule has 2 aromatic carbocycles. The average molecular weight is 394 g/mol. The van der Waals surface area contributed by atoms with Gasteiger partial charge in [-0.3, -0.25) is 4.90 Å². The van der Waals surface area contributed by atoms with Crippen LogP contribution in [0.1, 0.15) is 11.6 Å². The van der Waals surface area contributed by atoms with E-state index in [2.05, 4.69) is 4.90 Å².